The molecule has 3 rings (SSSR count). The summed E-state index contributed by atoms with van der Waals surface area (Å²) in [5, 5.41) is 13.5. The predicted octanol–water partition coefficient (Wildman–Crippen LogP) is 2.73. The third-order valence-corrected chi connectivity index (χ3v) is 3.61. The fourth-order valence-corrected chi connectivity index (χ4v) is 2.37. The molecule has 0 radical (unpaired) electrons. The fourth-order valence-electron chi connectivity index (χ4n) is 2.37. The van der Waals surface area contributed by atoms with E-state index in [0.29, 0.717) is 29.6 Å². The van der Waals surface area contributed by atoms with Crippen molar-refractivity contribution < 1.29 is 14.6 Å². The highest BCUT2D eigenvalue weighted by molar-refractivity contribution is 5.77. The molecule has 0 bridgehead atoms. The highest BCUT2D eigenvalue weighted by Gasteiger charge is 2.12. The average molecular weight is 313 g/mol. The number of rotatable bonds is 6. The maximum Gasteiger partial charge on any atom is 0.201 e. The Hall–Kier alpha value is -2.73. The molecular weight excluding hydrogens is 294 g/mol. The number of hydrogen-bond donors (Lipinski definition) is 3. The Bertz CT molecular complexity index is 745. The Morgan fingerprint density at radius 1 is 1.13 bits per heavy atom. The van der Waals surface area contributed by atoms with Crippen LogP contribution < -0.4 is 14.8 Å². The molecule has 0 saturated heterocycles. The van der Waals surface area contributed by atoms with Crippen LogP contribution in [-0.2, 0) is 0 Å². The van der Waals surface area contributed by atoms with Crippen LogP contribution in [0, 0.1) is 0 Å². The van der Waals surface area contributed by atoms with E-state index in [1.54, 1.807) is 32.4 Å². The van der Waals surface area contributed by atoms with E-state index in [4.69, 9.17) is 9.47 Å². The van der Waals surface area contributed by atoms with Gasteiger partial charge in [-0.3, -0.25) is 0 Å². The molecule has 120 valence electrons. The lowest BCUT2D eigenvalue weighted by Gasteiger charge is -2.14. The zero-order chi connectivity index (χ0) is 16.2. The zero-order valence-corrected chi connectivity index (χ0v) is 13.0. The summed E-state index contributed by atoms with van der Waals surface area (Å²) in [5.41, 5.74) is 2.55. The van der Waals surface area contributed by atoms with Gasteiger partial charge in [0.15, 0.2) is 0 Å². The third-order valence-electron chi connectivity index (χ3n) is 3.61. The van der Waals surface area contributed by atoms with Crippen LogP contribution in [-0.4, -0.2) is 35.8 Å². The molecule has 1 unspecified atom stereocenters. The molecule has 1 atom stereocenters. The monoisotopic (exact) mass is 313 g/mol. The minimum absolute atomic E-state index is 0.316. The lowest BCUT2D eigenvalue weighted by atomic mass is 10.1. The Morgan fingerprint density at radius 2 is 1.83 bits per heavy atom. The number of aromatic amines is 1. The Morgan fingerprint density at radius 3 is 2.48 bits per heavy atom. The molecule has 0 aliphatic carbocycles. The van der Waals surface area contributed by atoms with Crippen LogP contribution in [0.4, 0.5) is 5.95 Å². The van der Waals surface area contributed by atoms with Crippen LogP contribution >= 0.6 is 0 Å². The number of aliphatic hydroxyl groups excluding tert-OH is 1. The number of anilines is 1. The molecule has 0 amide bonds. The number of hydrogen-bond acceptors (Lipinski definition) is 5. The van der Waals surface area contributed by atoms with Gasteiger partial charge in [-0.15, -0.1) is 0 Å². The molecule has 0 aliphatic heterocycles. The summed E-state index contributed by atoms with van der Waals surface area (Å²) in [6.07, 6.45) is -0.716. The van der Waals surface area contributed by atoms with Gasteiger partial charge in [-0.1, -0.05) is 12.1 Å². The highest BCUT2D eigenvalue weighted by Crippen LogP contribution is 2.26. The number of para-hydroxylation sites is 2. The maximum atomic E-state index is 10.4. The van der Waals surface area contributed by atoms with Crippen molar-refractivity contribution in [3.63, 3.8) is 0 Å². The van der Waals surface area contributed by atoms with Crippen LogP contribution in [0.5, 0.6) is 11.5 Å². The van der Waals surface area contributed by atoms with Crippen molar-refractivity contribution in [1.29, 1.82) is 0 Å². The van der Waals surface area contributed by atoms with Gasteiger partial charge >= 0.3 is 0 Å². The zero-order valence-electron chi connectivity index (χ0n) is 13.0. The Balaban J connectivity index is 1.72. The van der Waals surface area contributed by atoms with Gasteiger partial charge in [0, 0.05) is 12.6 Å². The molecule has 3 N–H and O–H groups in total. The van der Waals surface area contributed by atoms with E-state index in [1.807, 2.05) is 24.3 Å². The normalized spacial score (nSPS) is 12.1. The summed E-state index contributed by atoms with van der Waals surface area (Å²) in [6, 6.07) is 13.1. The number of benzene rings is 2. The Kier molecular flexibility index (Phi) is 4.34. The van der Waals surface area contributed by atoms with Gasteiger partial charge in [0.25, 0.3) is 0 Å². The topological polar surface area (TPSA) is 79.4 Å². The van der Waals surface area contributed by atoms with Crippen molar-refractivity contribution in [2.45, 2.75) is 6.10 Å². The number of nitrogens with zero attached hydrogens (tertiary/aromatic N) is 1. The van der Waals surface area contributed by atoms with E-state index >= 15 is 0 Å². The van der Waals surface area contributed by atoms with Gasteiger partial charge in [-0.05, 0) is 29.8 Å². The molecule has 6 heteroatoms. The lowest BCUT2D eigenvalue weighted by Crippen LogP contribution is -2.13. The summed E-state index contributed by atoms with van der Waals surface area (Å²) >= 11 is 0. The second kappa shape index (κ2) is 6.58. The molecule has 3 aromatic rings. The van der Waals surface area contributed by atoms with Gasteiger partial charge in [-0.2, -0.15) is 0 Å². The number of aliphatic hydroxyl groups is 1. The van der Waals surface area contributed by atoms with Crippen LogP contribution in [0.2, 0.25) is 0 Å². The molecule has 0 aliphatic rings. The molecule has 2 aromatic carbocycles. The van der Waals surface area contributed by atoms with Gasteiger partial charge in [0.05, 0.1) is 31.4 Å². The number of nitrogens with one attached hydrogen (secondary N) is 2. The molecule has 23 heavy (non-hydrogen) atoms. The lowest BCUT2D eigenvalue weighted by molar-refractivity contribution is 0.190. The summed E-state index contributed by atoms with van der Waals surface area (Å²) < 4.78 is 10.4. The summed E-state index contributed by atoms with van der Waals surface area (Å²) in [6.45, 7) is 0.316. The first kappa shape index (κ1) is 15.2. The van der Waals surface area contributed by atoms with Gasteiger partial charge in [0.1, 0.15) is 11.5 Å². The van der Waals surface area contributed by atoms with Crippen molar-refractivity contribution >= 4 is 17.0 Å². The first-order valence-electron chi connectivity index (χ1n) is 7.29. The van der Waals surface area contributed by atoms with Crippen LogP contribution in [0.15, 0.2) is 42.5 Å². The molecule has 0 fully saturated rings. The maximum absolute atomic E-state index is 10.4. The third kappa shape index (κ3) is 3.37. The SMILES string of the molecule is COc1cc(OC)cc(C(O)CNc2nc3ccccc3[nH]2)c1. The van der Waals surface area contributed by atoms with Crippen LogP contribution in [0.25, 0.3) is 11.0 Å². The number of imidazole rings is 1. The van der Waals surface area contributed by atoms with E-state index in [1.165, 1.54) is 0 Å². The number of methoxy groups -OCH3 is 2. The minimum atomic E-state index is -0.716. The van der Waals surface area contributed by atoms with Crippen LogP contribution in [0.3, 0.4) is 0 Å². The van der Waals surface area contributed by atoms with E-state index < -0.39 is 6.10 Å². The van der Waals surface area contributed by atoms with Gasteiger partial charge in [-0.25, -0.2) is 4.98 Å². The van der Waals surface area contributed by atoms with Crippen molar-refractivity contribution in [1.82, 2.24) is 9.97 Å². The molecule has 6 nitrogen and oxygen atoms in total. The standard InChI is InChI=1S/C17H19N3O3/c1-22-12-7-11(8-13(9-12)23-2)16(21)10-18-17-19-14-5-3-4-6-15(14)20-17/h3-9,16,21H,10H2,1-2H3,(H2,18,19,20). The van der Waals surface area contributed by atoms with Crippen LogP contribution in [0.1, 0.15) is 11.7 Å². The molecular formula is C17H19N3O3. The molecule has 0 saturated carbocycles. The number of fused-ring (bicyclic) bond motifs is 1. The second-order valence-electron chi connectivity index (χ2n) is 5.15. The van der Waals surface area contributed by atoms with Gasteiger partial charge < -0.3 is 24.9 Å². The number of H-pyrrole nitrogens is 1. The smallest absolute Gasteiger partial charge is 0.201 e. The summed E-state index contributed by atoms with van der Waals surface area (Å²) in [4.78, 5) is 7.58. The first-order valence-corrected chi connectivity index (χ1v) is 7.29. The summed E-state index contributed by atoms with van der Waals surface area (Å²) in [5.74, 6) is 1.91. The fraction of sp³-hybridized carbons (Fsp3) is 0.235. The van der Waals surface area contributed by atoms with E-state index in [0.717, 1.165) is 11.0 Å². The van der Waals surface area contributed by atoms with Crippen molar-refractivity contribution in [2.24, 2.45) is 0 Å². The van der Waals surface area contributed by atoms with Crippen molar-refractivity contribution in [3.05, 3.63) is 48.0 Å². The predicted molar refractivity (Wildman–Crippen MR) is 89.1 cm³/mol. The second-order valence-corrected chi connectivity index (χ2v) is 5.15. The van der Waals surface area contributed by atoms with E-state index in [2.05, 4.69) is 15.3 Å². The van der Waals surface area contributed by atoms with Crippen molar-refractivity contribution in [3.8, 4) is 11.5 Å². The number of ether oxygens (including phenoxy) is 2. The van der Waals surface area contributed by atoms with Gasteiger partial charge in [0.2, 0.25) is 5.95 Å². The Labute approximate surface area is 134 Å². The van der Waals surface area contributed by atoms with Crippen molar-refractivity contribution in [2.75, 3.05) is 26.1 Å². The highest BCUT2D eigenvalue weighted by atomic mass is 16.5. The van der Waals surface area contributed by atoms with E-state index in [9.17, 15) is 5.11 Å². The molecule has 1 aromatic heterocycles. The largest absolute Gasteiger partial charge is 0.497 e. The molecule has 0 spiro atoms. The van der Waals surface area contributed by atoms with E-state index in [-0.39, 0.29) is 0 Å². The summed E-state index contributed by atoms with van der Waals surface area (Å²) in [7, 11) is 3.16. The first-order chi connectivity index (χ1) is 11.2. The minimum Gasteiger partial charge on any atom is -0.497 e. The molecule has 1 heterocycles. The average Bonchev–Trinajstić information content (AvgIpc) is 3.02. The quantitative estimate of drug-likeness (QED) is 0.652. The number of aromatic nitrogens is 2.